The van der Waals surface area contributed by atoms with Gasteiger partial charge in [0.2, 0.25) is 0 Å². The van der Waals surface area contributed by atoms with Crippen LogP contribution in [0.2, 0.25) is 0 Å². The molecule has 0 N–H and O–H groups in total. The van der Waals surface area contributed by atoms with Gasteiger partial charge in [-0.15, -0.1) is 0 Å². The van der Waals surface area contributed by atoms with E-state index in [-0.39, 0.29) is 13.6 Å². The fourth-order valence-electron chi connectivity index (χ4n) is 0.538. The Morgan fingerprint density at radius 1 is 0.643 bits per heavy atom. The van der Waals surface area contributed by atoms with Crippen LogP contribution in [-0.2, 0) is 28.7 Å². The lowest BCUT2D eigenvalue weighted by Crippen LogP contribution is -2.09. The molecule has 0 aromatic rings. The van der Waals surface area contributed by atoms with Gasteiger partial charge < -0.3 is 18.9 Å². The van der Waals surface area contributed by atoms with E-state index in [1.54, 1.807) is 14.2 Å². The predicted octanol–water partition coefficient (Wildman–Crippen LogP) is 0.176. The number of methoxy groups -OCH3 is 2. The SMILES string of the molecule is COCCOCOOCOCCOC. The first kappa shape index (κ1) is 13.8. The largest absolute Gasteiger partial charge is 0.382 e. The van der Waals surface area contributed by atoms with E-state index in [9.17, 15) is 0 Å². The number of rotatable bonds is 11. The van der Waals surface area contributed by atoms with Crippen molar-refractivity contribution in [2.75, 3.05) is 54.2 Å². The average molecular weight is 210 g/mol. The molecule has 0 aliphatic carbocycles. The summed E-state index contributed by atoms with van der Waals surface area (Å²) in [6.07, 6.45) is 0. The van der Waals surface area contributed by atoms with Crippen LogP contribution in [0, 0.1) is 0 Å². The number of hydrogen-bond acceptors (Lipinski definition) is 6. The van der Waals surface area contributed by atoms with Gasteiger partial charge in [-0.1, -0.05) is 0 Å². The molecule has 0 aromatic carbocycles. The summed E-state index contributed by atoms with van der Waals surface area (Å²) in [5.74, 6) is 0. The highest BCUT2D eigenvalue weighted by Gasteiger charge is 1.90. The van der Waals surface area contributed by atoms with Crippen molar-refractivity contribution in [2.45, 2.75) is 0 Å². The molecule has 0 aromatic heterocycles. The van der Waals surface area contributed by atoms with Gasteiger partial charge in [0.05, 0.1) is 26.4 Å². The molecule has 0 aliphatic heterocycles. The van der Waals surface area contributed by atoms with Crippen LogP contribution >= 0.6 is 0 Å². The Hall–Kier alpha value is -0.240. The molecule has 0 saturated carbocycles. The smallest absolute Gasteiger partial charge is 0.180 e. The summed E-state index contributed by atoms with van der Waals surface area (Å²) in [4.78, 5) is 9.23. The van der Waals surface area contributed by atoms with Gasteiger partial charge in [0.15, 0.2) is 13.6 Å². The maximum absolute atomic E-state index is 4.95. The van der Waals surface area contributed by atoms with Crippen LogP contribution in [0.4, 0.5) is 0 Å². The van der Waals surface area contributed by atoms with Crippen LogP contribution in [0.15, 0.2) is 0 Å². The van der Waals surface area contributed by atoms with Crippen molar-refractivity contribution in [3.63, 3.8) is 0 Å². The van der Waals surface area contributed by atoms with Crippen molar-refractivity contribution in [3.8, 4) is 0 Å². The third-order valence-corrected chi connectivity index (χ3v) is 1.21. The molecular weight excluding hydrogens is 192 g/mol. The summed E-state index contributed by atoms with van der Waals surface area (Å²) in [5, 5.41) is 0. The first-order chi connectivity index (χ1) is 6.91. The topological polar surface area (TPSA) is 55.4 Å². The number of ether oxygens (including phenoxy) is 4. The Morgan fingerprint density at radius 3 is 1.43 bits per heavy atom. The minimum absolute atomic E-state index is 0.0665. The first-order valence-corrected chi connectivity index (χ1v) is 4.29. The fourth-order valence-corrected chi connectivity index (χ4v) is 0.538. The third-order valence-electron chi connectivity index (χ3n) is 1.21. The van der Waals surface area contributed by atoms with Crippen molar-refractivity contribution in [1.29, 1.82) is 0 Å². The quantitative estimate of drug-likeness (QED) is 0.210. The Bertz CT molecular complexity index is 87.8. The maximum atomic E-state index is 4.95. The molecule has 0 fully saturated rings. The van der Waals surface area contributed by atoms with Crippen LogP contribution < -0.4 is 0 Å². The monoisotopic (exact) mass is 210 g/mol. The lowest BCUT2D eigenvalue weighted by Gasteiger charge is -2.05. The lowest BCUT2D eigenvalue weighted by atomic mass is 10.8. The molecular formula is C8H18O6. The van der Waals surface area contributed by atoms with E-state index >= 15 is 0 Å². The molecule has 6 nitrogen and oxygen atoms in total. The van der Waals surface area contributed by atoms with Gasteiger partial charge in [0.25, 0.3) is 0 Å². The van der Waals surface area contributed by atoms with Gasteiger partial charge in [0.1, 0.15) is 0 Å². The number of hydrogen-bond donors (Lipinski definition) is 0. The van der Waals surface area contributed by atoms with Gasteiger partial charge in [-0.3, -0.25) is 0 Å². The van der Waals surface area contributed by atoms with Gasteiger partial charge in [-0.2, -0.15) is 0 Å². The highest BCUT2D eigenvalue weighted by Crippen LogP contribution is 1.83. The minimum atomic E-state index is 0.0665. The second-order valence-corrected chi connectivity index (χ2v) is 2.27. The van der Waals surface area contributed by atoms with E-state index in [1.807, 2.05) is 0 Å². The van der Waals surface area contributed by atoms with Crippen LogP contribution in [0.3, 0.4) is 0 Å². The van der Waals surface area contributed by atoms with Crippen molar-refractivity contribution >= 4 is 0 Å². The van der Waals surface area contributed by atoms with Crippen molar-refractivity contribution in [3.05, 3.63) is 0 Å². The molecule has 0 amide bonds. The van der Waals surface area contributed by atoms with Crippen molar-refractivity contribution in [1.82, 2.24) is 0 Å². The zero-order chi connectivity index (χ0) is 10.5. The predicted molar refractivity (Wildman–Crippen MR) is 47.6 cm³/mol. The van der Waals surface area contributed by atoms with E-state index in [0.717, 1.165) is 0 Å². The molecule has 86 valence electrons. The summed E-state index contributed by atoms with van der Waals surface area (Å²) in [5.41, 5.74) is 0. The summed E-state index contributed by atoms with van der Waals surface area (Å²) in [6.45, 7) is 2.16. The van der Waals surface area contributed by atoms with E-state index in [1.165, 1.54) is 0 Å². The molecule has 0 rings (SSSR count). The molecule has 0 heterocycles. The standard InChI is InChI=1S/C8H18O6/c1-9-3-5-11-7-13-14-8-12-6-4-10-2/h3-8H2,1-2H3. The highest BCUT2D eigenvalue weighted by molar-refractivity contribution is 4.21. The molecule has 14 heavy (non-hydrogen) atoms. The third kappa shape index (κ3) is 11.8. The fraction of sp³-hybridized carbons (Fsp3) is 1.00. The Balaban J connectivity index is 2.78. The summed E-state index contributed by atoms with van der Waals surface area (Å²) >= 11 is 0. The molecule has 0 aliphatic rings. The molecule has 0 saturated heterocycles. The van der Waals surface area contributed by atoms with Crippen LogP contribution in [0.25, 0.3) is 0 Å². The molecule has 0 atom stereocenters. The van der Waals surface area contributed by atoms with E-state index < -0.39 is 0 Å². The molecule has 0 spiro atoms. The van der Waals surface area contributed by atoms with Crippen LogP contribution in [-0.4, -0.2) is 54.2 Å². The Morgan fingerprint density at radius 2 is 1.07 bits per heavy atom. The summed E-state index contributed by atoms with van der Waals surface area (Å²) < 4.78 is 19.4. The van der Waals surface area contributed by atoms with E-state index in [4.69, 9.17) is 18.9 Å². The zero-order valence-electron chi connectivity index (χ0n) is 8.69. The minimum Gasteiger partial charge on any atom is -0.382 e. The Kier molecular flexibility index (Phi) is 12.5. The average Bonchev–Trinajstić information content (AvgIpc) is 2.21. The molecule has 0 unspecified atom stereocenters. The normalized spacial score (nSPS) is 10.7. The van der Waals surface area contributed by atoms with Crippen molar-refractivity contribution in [2.24, 2.45) is 0 Å². The van der Waals surface area contributed by atoms with Gasteiger partial charge >= 0.3 is 0 Å². The highest BCUT2D eigenvalue weighted by atomic mass is 17.2. The van der Waals surface area contributed by atoms with Gasteiger partial charge in [0, 0.05) is 14.2 Å². The lowest BCUT2D eigenvalue weighted by molar-refractivity contribution is -0.369. The second-order valence-electron chi connectivity index (χ2n) is 2.27. The maximum Gasteiger partial charge on any atom is 0.180 e. The van der Waals surface area contributed by atoms with Crippen molar-refractivity contribution < 1.29 is 28.7 Å². The molecule has 6 heteroatoms. The van der Waals surface area contributed by atoms with Gasteiger partial charge in [-0.05, 0) is 0 Å². The van der Waals surface area contributed by atoms with Gasteiger partial charge in [-0.25, -0.2) is 9.78 Å². The second kappa shape index (κ2) is 12.8. The van der Waals surface area contributed by atoms with Crippen LogP contribution in [0.5, 0.6) is 0 Å². The molecule has 0 radical (unpaired) electrons. The van der Waals surface area contributed by atoms with Crippen LogP contribution in [0.1, 0.15) is 0 Å². The Labute approximate surface area is 83.9 Å². The van der Waals surface area contributed by atoms with E-state index in [0.29, 0.717) is 26.4 Å². The molecule has 0 bridgehead atoms. The van der Waals surface area contributed by atoms with E-state index in [2.05, 4.69) is 9.78 Å². The zero-order valence-corrected chi connectivity index (χ0v) is 8.69. The summed E-state index contributed by atoms with van der Waals surface area (Å²) in [7, 11) is 3.20. The first-order valence-electron chi connectivity index (χ1n) is 4.29. The summed E-state index contributed by atoms with van der Waals surface area (Å²) in [6, 6.07) is 0.